The van der Waals surface area contributed by atoms with Gasteiger partial charge in [-0.05, 0) is 47.9 Å². The lowest BCUT2D eigenvalue weighted by molar-refractivity contribution is -0.143. The quantitative estimate of drug-likeness (QED) is 0.701. The fourth-order valence-corrected chi connectivity index (χ4v) is 5.52. The maximum atomic E-state index is 12.8. The van der Waals surface area contributed by atoms with E-state index < -0.39 is 12.1 Å². The molecule has 5 rings (SSSR count). The van der Waals surface area contributed by atoms with E-state index in [1.54, 1.807) is 4.90 Å². The third-order valence-electron chi connectivity index (χ3n) is 7.22. The molecule has 1 unspecified atom stereocenters. The normalized spacial score (nSPS) is 23.4. The van der Waals surface area contributed by atoms with Crippen molar-refractivity contribution in [3.05, 3.63) is 59.7 Å². The van der Waals surface area contributed by atoms with Crippen molar-refractivity contribution in [2.45, 2.75) is 50.1 Å². The van der Waals surface area contributed by atoms with Gasteiger partial charge in [0.2, 0.25) is 5.91 Å². The van der Waals surface area contributed by atoms with Crippen molar-refractivity contribution in [3.63, 3.8) is 0 Å². The number of nitrogens with one attached hydrogen (secondary N) is 1. The molecule has 7 nitrogen and oxygen atoms in total. The number of rotatable bonds is 6. The van der Waals surface area contributed by atoms with Crippen molar-refractivity contribution in [2.75, 3.05) is 13.2 Å². The molecular formula is C26H28N2O5. The molecule has 0 aromatic heterocycles. The number of amides is 2. The molecule has 172 valence electrons. The number of alkyl carbamates (subject to hydrolysis) is 1. The van der Waals surface area contributed by atoms with E-state index in [1.807, 2.05) is 24.3 Å². The molecule has 1 atom stereocenters. The standard InChI is InChI=1S/C26H28N2O5/c29-24(30)14-18-6-5-11-28(18)25(31)16-12-17(13-16)27-26(32)33-15-23-21-9-3-1-7-19(21)20-8-2-4-10-22(20)23/h1-4,7-10,16-18,23H,5-6,11-15H2,(H,27,32)(H,29,30). The Morgan fingerprint density at radius 3 is 2.27 bits per heavy atom. The number of nitrogens with zero attached hydrogens (tertiary/aromatic N) is 1. The second kappa shape index (κ2) is 8.89. The second-order valence-electron chi connectivity index (χ2n) is 9.26. The van der Waals surface area contributed by atoms with Gasteiger partial charge in [0.25, 0.3) is 0 Å². The third kappa shape index (κ3) is 4.19. The van der Waals surface area contributed by atoms with Crippen molar-refractivity contribution in [1.82, 2.24) is 10.2 Å². The molecule has 1 saturated heterocycles. The number of carboxylic acid groups (broad SMARTS) is 1. The van der Waals surface area contributed by atoms with Gasteiger partial charge in [-0.3, -0.25) is 9.59 Å². The summed E-state index contributed by atoms with van der Waals surface area (Å²) < 4.78 is 5.59. The van der Waals surface area contributed by atoms with Crippen LogP contribution in [0.5, 0.6) is 0 Å². The first-order valence-electron chi connectivity index (χ1n) is 11.6. The highest BCUT2D eigenvalue weighted by atomic mass is 16.5. The van der Waals surface area contributed by atoms with Gasteiger partial charge in [-0.15, -0.1) is 0 Å². The maximum Gasteiger partial charge on any atom is 0.407 e. The zero-order chi connectivity index (χ0) is 22.9. The van der Waals surface area contributed by atoms with Crippen LogP contribution in [0.2, 0.25) is 0 Å². The summed E-state index contributed by atoms with van der Waals surface area (Å²) in [5.41, 5.74) is 4.71. The molecule has 0 bridgehead atoms. The molecule has 33 heavy (non-hydrogen) atoms. The van der Waals surface area contributed by atoms with Gasteiger partial charge in [-0.2, -0.15) is 0 Å². The van der Waals surface area contributed by atoms with Gasteiger partial charge < -0.3 is 20.1 Å². The number of benzene rings is 2. The minimum Gasteiger partial charge on any atom is -0.481 e. The lowest BCUT2D eigenvalue weighted by Crippen LogP contribution is -2.51. The van der Waals surface area contributed by atoms with Gasteiger partial charge in [0, 0.05) is 30.5 Å². The van der Waals surface area contributed by atoms with E-state index in [9.17, 15) is 14.4 Å². The highest BCUT2D eigenvalue weighted by Crippen LogP contribution is 2.44. The van der Waals surface area contributed by atoms with E-state index in [4.69, 9.17) is 9.84 Å². The summed E-state index contributed by atoms with van der Waals surface area (Å²) >= 11 is 0. The first kappa shape index (κ1) is 21.5. The van der Waals surface area contributed by atoms with Crippen molar-refractivity contribution < 1.29 is 24.2 Å². The molecule has 2 amide bonds. The number of hydrogen-bond acceptors (Lipinski definition) is 4. The highest BCUT2D eigenvalue weighted by molar-refractivity contribution is 5.82. The van der Waals surface area contributed by atoms with E-state index >= 15 is 0 Å². The van der Waals surface area contributed by atoms with Crippen molar-refractivity contribution >= 4 is 18.0 Å². The molecule has 2 aliphatic carbocycles. The SMILES string of the molecule is O=C(O)CC1CCCN1C(=O)C1CC(NC(=O)OCC2c3ccccc3-c3ccccc32)C1. The zero-order valence-electron chi connectivity index (χ0n) is 18.4. The summed E-state index contributed by atoms with van der Waals surface area (Å²) in [5, 5.41) is 11.9. The van der Waals surface area contributed by atoms with Gasteiger partial charge >= 0.3 is 12.1 Å². The van der Waals surface area contributed by atoms with E-state index in [2.05, 4.69) is 29.6 Å². The van der Waals surface area contributed by atoms with Crippen LogP contribution < -0.4 is 5.32 Å². The Morgan fingerprint density at radius 1 is 1.00 bits per heavy atom. The Kier molecular flexibility index (Phi) is 5.79. The Morgan fingerprint density at radius 2 is 1.64 bits per heavy atom. The number of fused-ring (bicyclic) bond motifs is 3. The second-order valence-corrected chi connectivity index (χ2v) is 9.26. The molecular weight excluding hydrogens is 420 g/mol. The number of likely N-dealkylation sites (tertiary alicyclic amines) is 1. The fourth-order valence-electron chi connectivity index (χ4n) is 5.52. The molecule has 3 aliphatic rings. The van der Waals surface area contributed by atoms with Gasteiger partial charge in [0.05, 0.1) is 6.42 Å². The van der Waals surface area contributed by atoms with Crippen LogP contribution in [0.25, 0.3) is 11.1 Å². The largest absolute Gasteiger partial charge is 0.481 e. The number of carbonyl (C=O) groups is 3. The molecule has 2 aromatic carbocycles. The lowest BCUT2D eigenvalue weighted by atomic mass is 9.79. The fraction of sp³-hybridized carbons (Fsp3) is 0.423. The molecule has 0 spiro atoms. The van der Waals surface area contributed by atoms with Crippen molar-refractivity contribution in [3.8, 4) is 11.1 Å². The molecule has 0 radical (unpaired) electrons. The molecule has 1 heterocycles. The van der Waals surface area contributed by atoms with E-state index in [-0.39, 0.29) is 42.9 Å². The first-order chi connectivity index (χ1) is 16.0. The Labute approximate surface area is 192 Å². The predicted molar refractivity (Wildman–Crippen MR) is 122 cm³/mol. The Balaban J connectivity index is 1.12. The molecule has 1 saturated carbocycles. The minimum atomic E-state index is -0.872. The molecule has 2 aromatic rings. The average Bonchev–Trinajstić information content (AvgIpc) is 3.36. The predicted octanol–water partition coefficient (Wildman–Crippen LogP) is 3.77. The smallest absolute Gasteiger partial charge is 0.407 e. The lowest BCUT2D eigenvalue weighted by Gasteiger charge is -2.38. The van der Waals surface area contributed by atoms with E-state index in [0.29, 0.717) is 19.4 Å². The molecule has 1 aliphatic heterocycles. The third-order valence-corrected chi connectivity index (χ3v) is 7.22. The van der Waals surface area contributed by atoms with Crippen LogP contribution in [-0.2, 0) is 14.3 Å². The van der Waals surface area contributed by atoms with Crippen LogP contribution in [0, 0.1) is 5.92 Å². The van der Waals surface area contributed by atoms with Gasteiger partial charge in [0.1, 0.15) is 6.61 Å². The summed E-state index contributed by atoms with van der Waals surface area (Å²) in [5.74, 6) is -0.995. The number of carbonyl (C=O) groups excluding carboxylic acids is 2. The molecule has 7 heteroatoms. The van der Waals surface area contributed by atoms with Crippen LogP contribution >= 0.6 is 0 Å². The van der Waals surface area contributed by atoms with Gasteiger partial charge in [0.15, 0.2) is 0 Å². The topological polar surface area (TPSA) is 95.9 Å². The van der Waals surface area contributed by atoms with E-state index in [1.165, 1.54) is 22.3 Å². The van der Waals surface area contributed by atoms with Gasteiger partial charge in [-0.1, -0.05) is 48.5 Å². The maximum absolute atomic E-state index is 12.8. The number of carboxylic acids is 1. The van der Waals surface area contributed by atoms with E-state index in [0.717, 1.165) is 12.8 Å². The summed E-state index contributed by atoms with van der Waals surface area (Å²) in [6, 6.07) is 16.1. The van der Waals surface area contributed by atoms with Crippen molar-refractivity contribution in [1.29, 1.82) is 0 Å². The zero-order valence-corrected chi connectivity index (χ0v) is 18.4. The highest BCUT2D eigenvalue weighted by Gasteiger charge is 2.41. The molecule has 2 N–H and O–H groups in total. The Hall–Kier alpha value is -3.35. The minimum absolute atomic E-state index is 0.000111. The van der Waals surface area contributed by atoms with Crippen LogP contribution in [0.3, 0.4) is 0 Å². The number of hydrogen-bond donors (Lipinski definition) is 2. The van der Waals surface area contributed by atoms with Crippen LogP contribution in [-0.4, -0.2) is 53.2 Å². The van der Waals surface area contributed by atoms with Crippen LogP contribution in [0.15, 0.2) is 48.5 Å². The average molecular weight is 449 g/mol. The number of aliphatic carboxylic acids is 1. The van der Waals surface area contributed by atoms with Crippen LogP contribution in [0.4, 0.5) is 4.79 Å². The van der Waals surface area contributed by atoms with Crippen LogP contribution in [0.1, 0.15) is 49.1 Å². The summed E-state index contributed by atoms with van der Waals surface area (Å²) in [4.78, 5) is 38.0. The summed E-state index contributed by atoms with van der Waals surface area (Å²) in [6.45, 7) is 0.886. The Bertz CT molecular complexity index is 1030. The van der Waals surface area contributed by atoms with Crippen molar-refractivity contribution in [2.24, 2.45) is 5.92 Å². The number of ether oxygens (including phenoxy) is 1. The summed E-state index contributed by atoms with van der Waals surface area (Å²) in [7, 11) is 0. The summed E-state index contributed by atoms with van der Waals surface area (Å²) in [6.07, 6.45) is 2.26. The first-order valence-corrected chi connectivity index (χ1v) is 11.6. The van der Waals surface area contributed by atoms with Gasteiger partial charge in [-0.25, -0.2) is 4.79 Å². The monoisotopic (exact) mass is 448 g/mol. The molecule has 2 fully saturated rings.